The summed E-state index contributed by atoms with van der Waals surface area (Å²) < 4.78 is 24.1. The maximum atomic E-state index is 12.2. The lowest BCUT2D eigenvalue weighted by atomic mass is 10.0. The molecule has 0 radical (unpaired) electrons. The van der Waals surface area contributed by atoms with Crippen LogP contribution in [0.1, 0.15) is 46.3 Å². The lowest BCUT2D eigenvalue weighted by Gasteiger charge is -2.10. The van der Waals surface area contributed by atoms with E-state index >= 15 is 0 Å². The smallest absolute Gasteiger partial charge is 0.230 e. The molecule has 0 saturated heterocycles. The monoisotopic (exact) mass is 398 g/mol. The molecule has 4 N–H and O–H groups in total. The third kappa shape index (κ3) is 6.18. The summed E-state index contributed by atoms with van der Waals surface area (Å²) in [5, 5.41) is 13.6. The molecule has 0 aliphatic rings. The first kappa shape index (κ1) is 16.3. The first-order valence-electron chi connectivity index (χ1n) is 10.6. The highest BCUT2D eigenvalue weighted by Gasteiger charge is 2.08. The van der Waals surface area contributed by atoms with Crippen LogP contribution in [0.15, 0.2) is 60.0 Å². The molecule has 5 nitrogen and oxygen atoms in total. The molecule has 0 aliphatic carbocycles. The van der Waals surface area contributed by atoms with Gasteiger partial charge in [-0.05, 0) is 42.5 Å². The lowest BCUT2D eigenvalue weighted by molar-refractivity contribution is -0.115. The Labute approximate surface area is 173 Å². The predicted octanol–water partition coefficient (Wildman–Crippen LogP) is 4.35. The minimum Gasteiger partial charge on any atom is -0.388 e. The van der Waals surface area contributed by atoms with Crippen molar-refractivity contribution in [3.05, 3.63) is 76.8 Å². The zero-order valence-corrected chi connectivity index (χ0v) is 16.2. The Morgan fingerprint density at radius 3 is 2.64 bits per heavy atom. The second-order valence-corrected chi connectivity index (χ2v) is 7.22. The van der Waals surface area contributed by atoms with Crippen molar-refractivity contribution in [3.63, 3.8) is 0 Å². The van der Waals surface area contributed by atoms with Gasteiger partial charge in [-0.15, -0.1) is 11.3 Å². The molecule has 0 aliphatic heterocycles. The summed E-state index contributed by atoms with van der Waals surface area (Å²) in [6, 6.07) is 16.2. The SMILES string of the molecule is [2H]c1sc(N)nc1CC(=O)Nc1ccc(CCCC([2H])([2H])[C@H](O)c2ccccc2)cc1. The van der Waals surface area contributed by atoms with E-state index in [2.05, 4.69) is 10.3 Å². The van der Waals surface area contributed by atoms with Crippen LogP contribution in [0.4, 0.5) is 10.8 Å². The van der Waals surface area contributed by atoms with Crippen LogP contribution in [0.25, 0.3) is 0 Å². The fraction of sp³-hybridized carbons (Fsp3) is 0.273. The second-order valence-electron chi connectivity index (χ2n) is 6.39. The van der Waals surface area contributed by atoms with E-state index in [1.807, 2.05) is 18.2 Å². The molecular formula is C22H25N3O2S. The van der Waals surface area contributed by atoms with Crippen molar-refractivity contribution in [1.29, 1.82) is 0 Å². The molecule has 0 spiro atoms. The molecule has 1 amide bonds. The summed E-state index contributed by atoms with van der Waals surface area (Å²) in [6.07, 6.45) is -1.41. The number of carbonyl (C=O) groups is 1. The summed E-state index contributed by atoms with van der Waals surface area (Å²) in [4.78, 5) is 16.1. The quantitative estimate of drug-likeness (QED) is 0.500. The number of benzene rings is 2. The van der Waals surface area contributed by atoms with Crippen LogP contribution in [-0.2, 0) is 17.6 Å². The Hall–Kier alpha value is -2.70. The summed E-state index contributed by atoms with van der Waals surface area (Å²) >= 11 is 1.04. The van der Waals surface area contributed by atoms with Gasteiger partial charge in [0, 0.05) is 13.8 Å². The van der Waals surface area contributed by atoms with E-state index in [0.717, 1.165) is 16.9 Å². The van der Waals surface area contributed by atoms with Crippen molar-refractivity contribution in [2.45, 2.75) is 38.2 Å². The van der Waals surface area contributed by atoms with Crippen molar-refractivity contribution < 1.29 is 14.0 Å². The Morgan fingerprint density at radius 1 is 1.21 bits per heavy atom. The number of nitrogen functional groups attached to an aromatic ring is 1. The van der Waals surface area contributed by atoms with Crippen LogP contribution in [0.5, 0.6) is 0 Å². The number of carbonyl (C=O) groups excluding carboxylic acids is 1. The van der Waals surface area contributed by atoms with Gasteiger partial charge in [0.25, 0.3) is 0 Å². The minimum atomic E-state index is -1.72. The van der Waals surface area contributed by atoms with Crippen molar-refractivity contribution in [2.24, 2.45) is 0 Å². The highest BCUT2D eigenvalue weighted by atomic mass is 32.1. The number of thiazole rings is 1. The van der Waals surface area contributed by atoms with Gasteiger partial charge in [-0.1, -0.05) is 48.9 Å². The molecular weight excluding hydrogens is 370 g/mol. The number of rotatable bonds is 9. The van der Waals surface area contributed by atoms with Crippen molar-refractivity contribution in [1.82, 2.24) is 4.98 Å². The molecule has 28 heavy (non-hydrogen) atoms. The molecule has 0 bridgehead atoms. The number of nitrogens with two attached hydrogens (primary N) is 1. The van der Waals surface area contributed by atoms with Gasteiger partial charge in [0.2, 0.25) is 5.91 Å². The van der Waals surface area contributed by atoms with E-state index in [-0.39, 0.29) is 29.2 Å². The van der Waals surface area contributed by atoms with E-state index in [0.29, 0.717) is 29.8 Å². The topological polar surface area (TPSA) is 88.2 Å². The Bertz CT molecular complexity index is 1010. The van der Waals surface area contributed by atoms with E-state index in [1.165, 1.54) is 0 Å². The van der Waals surface area contributed by atoms with Crippen LogP contribution in [0.2, 0.25) is 0 Å². The van der Waals surface area contributed by atoms with Crippen LogP contribution >= 0.6 is 11.3 Å². The van der Waals surface area contributed by atoms with E-state index < -0.39 is 12.5 Å². The average molecular weight is 399 g/mol. The van der Waals surface area contributed by atoms with Gasteiger partial charge < -0.3 is 16.2 Å². The fourth-order valence-electron chi connectivity index (χ4n) is 2.76. The summed E-state index contributed by atoms with van der Waals surface area (Å²) in [7, 11) is 0. The predicted molar refractivity (Wildman–Crippen MR) is 114 cm³/mol. The molecule has 3 rings (SSSR count). The number of anilines is 2. The molecule has 1 heterocycles. The molecule has 1 atom stereocenters. The zero-order valence-electron chi connectivity index (χ0n) is 18.4. The fourth-order valence-corrected chi connectivity index (χ4v) is 3.26. The van der Waals surface area contributed by atoms with Gasteiger partial charge >= 0.3 is 0 Å². The largest absolute Gasteiger partial charge is 0.388 e. The first-order valence-corrected chi connectivity index (χ1v) is 9.90. The number of nitrogens with zero attached hydrogens (tertiary/aromatic N) is 1. The maximum Gasteiger partial charge on any atom is 0.230 e. The van der Waals surface area contributed by atoms with Crippen molar-refractivity contribution in [2.75, 3.05) is 11.1 Å². The molecule has 3 aromatic rings. The average Bonchev–Trinajstić information content (AvgIpc) is 3.05. The van der Waals surface area contributed by atoms with Gasteiger partial charge in [0.15, 0.2) is 5.13 Å². The van der Waals surface area contributed by atoms with E-state index in [1.54, 1.807) is 36.4 Å². The summed E-state index contributed by atoms with van der Waals surface area (Å²) in [6.45, 7) is 0. The van der Waals surface area contributed by atoms with Gasteiger partial charge in [0.1, 0.15) is 0 Å². The van der Waals surface area contributed by atoms with E-state index in [4.69, 9.17) is 9.85 Å². The number of aromatic nitrogens is 1. The summed E-state index contributed by atoms with van der Waals surface area (Å²) in [5.41, 5.74) is 8.15. The van der Waals surface area contributed by atoms with Crippen molar-refractivity contribution >= 4 is 28.1 Å². The number of aliphatic hydroxyl groups excluding tert-OH is 1. The Morgan fingerprint density at radius 2 is 1.96 bits per heavy atom. The molecule has 0 saturated carbocycles. The molecule has 0 unspecified atom stereocenters. The molecule has 0 fully saturated rings. The van der Waals surface area contributed by atoms with Crippen LogP contribution in [0.3, 0.4) is 0 Å². The third-order valence-corrected chi connectivity index (χ3v) is 4.82. The number of aryl methyl sites for hydroxylation is 1. The highest BCUT2D eigenvalue weighted by molar-refractivity contribution is 7.13. The van der Waals surface area contributed by atoms with Gasteiger partial charge in [0.05, 0.1) is 19.6 Å². The van der Waals surface area contributed by atoms with Gasteiger partial charge in [-0.3, -0.25) is 4.79 Å². The number of hydrogen-bond acceptors (Lipinski definition) is 5. The van der Waals surface area contributed by atoms with Gasteiger partial charge in [-0.25, -0.2) is 4.98 Å². The van der Waals surface area contributed by atoms with E-state index in [9.17, 15) is 9.90 Å². The standard InChI is InChI=1S/C22H25N3O2S/c23-22-25-19(15-28-22)14-21(27)24-18-12-10-16(11-13-18)6-4-5-9-20(26)17-7-2-1-3-8-17/h1-3,7-8,10-13,15,20,26H,4-6,9,14H2,(H2,23,25)(H,24,27)/t20-/m0/s1/i9D2,15D. The number of nitrogens with one attached hydrogen (secondary N) is 1. The lowest BCUT2D eigenvalue weighted by Crippen LogP contribution is -2.14. The second kappa shape index (κ2) is 10.0. The molecule has 1 aromatic heterocycles. The van der Waals surface area contributed by atoms with Crippen molar-refractivity contribution in [3.8, 4) is 0 Å². The van der Waals surface area contributed by atoms with Crippen LogP contribution in [0, 0.1) is 0 Å². The zero-order chi connectivity index (χ0) is 22.4. The van der Waals surface area contributed by atoms with Crippen LogP contribution < -0.4 is 11.1 Å². The Kier molecular flexibility index (Phi) is 5.82. The first-order chi connectivity index (χ1) is 14.7. The maximum absolute atomic E-state index is 12.2. The Balaban J connectivity index is 1.48. The summed E-state index contributed by atoms with van der Waals surface area (Å²) in [5.74, 6) is -0.269. The molecule has 6 heteroatoms. The third-order valence-electron chi connectivity index (χ3n) is 4.18. The highest BCUT2D eigenvalue weighted by Crippen LogP contribution is 2.20. The van der Waals surface area contributed by atoms with Gasteiger partial charge in [-0.2, -0.15) is 0 Å². The normalized spacial score (nSPS) is 14.0. The molecule has 2 aromatic carbocycles. The number of aliphatic hydroxyl groups is 1. The van der Waals surface area contributed by atoms with Crippen LogP contribution in [-0.4, -0.2) is 16.0 Å². The minimum absolute atomic E-state index is 0.00684. The molecule has 146 valence electrons. The number of hydrogen-bond donors (Lipinski definition) is 3. The number of amides is 1.